The lowest BCUT2D eigenvalue weighted by atomic mass is 9.93. The summed E-state index contributed by atoms with van der Waals surface area (Å²) in [6.07, 6.45) is 1.87. The van der Waals surface area contributed by atoms with E-state index in [1.54, 1.807) is 12.1 Å². The first-order valence-corrected chi connectivity index (χ1v) is 6.48. The van der Waals surface area contributed by atoms with Crippen LogP contribution >= 0.6 is 11.6 Å². The minimum atomic E-state index is -0.110. The van der Waals surface area contributed by atoms with Crippen LogP contribution in [0.25, 0.3) is 0 Å². The Morgan fingerprint density at radius 3 is 2.94 bits per heavy atom. The van der Waals surface area contributed by atoms with Gasteiger partial charge in [-0.25, -0.2) is 0 Å². The third kappa shape index (κ3) is 3.16. The molecule has 0 aliphatic carbocycles. The molecule has 0 bridgehead atoms. The zero-order valence-corrected chi connectivity index (χ0v) is 11.4. The number of hydrogen-bond acceptors (Lipinski definition) is 3. The largest absolute Gasteiger partial charge is 0.381 e. The molecule has 0 aromatic heterocycles. The fourth-order valence-corrected chi connectivity index (χ4v) is 2.48. The molecule has 1 aliphatic heterocycles. The summed E-state index contributed by atoms with van der Waals surface area (Å²) in [5, 5.41) is 13.1. The second-order valence-electron chi connectivity index (χ2n) is 5.24. The number of ether oxygens (including phenoxy) is 1. The zero-order chi connectivity index (χ0) is 13.2. The molecular weight excluding hydrogens is 248 g/mol. The molecule has 1 unspecified atom stereocenters. The van der Waals surface area contributed by atoms with Gasteiger partial charge in [-0.1, -0.05) is 11.6 Å². The normalized spacial score (nSPS) is 22.2. The molecule has 1 fully saturated rings. The molecule has 1 atom stereocenters. The lowest BCUT2D eigenvalue weighted by molar-refractivity contribution is -0.0553. The van der Waals surface area contributed by atoms with Crippen LogP contribution in [-0.2, 0) is 4.74 Å². The van der Waals surface area contributed by atoms with E-state index in [2.05, 4.69) is 25.2 Å². The molecule has 0 amide bonds. The predicted molar refractivity (Wildman–Crippen MR) is 72.8 cm³/mol. The lowest BCUT2D eigenvalue weighted by Crippen LogP contribution is -2.40. The fourth-order valence-electron chi connectivity index (χ4n) is 2.31. The van der Waals surface area contributed by atoms with Crippen LogP contribution in [0, 0.1) is 11.3 Å². The van der Waals surface area contributed by atoms with Crippen LogP contribution in [0.1, 0.15) is 32.3 Å². The summed E-state index contributed by atoms with van der Waals surface area (Å²) in [7, 11) is 0. The fraction of sp³-hybridized carbons (Fsp3) is 0.500. The first-order valence-electron chi connectivity index (χ1n) is 6.10. The van der Waals surface area contributed by atoms with E-state index < -0.39 is 0 Å². The van der Waals surface area contributed by atoms with Crippen molar-refractivity contribution in [1.29, 1.82) is 5.26 Å². The van der Waals surface area contributed by atoms with Gasteiger partial charge in [0, 0.05) is 17.7 Å². The quantitative estimate of drug-likeness (QED) is 0.888. The summed E-state index contributed by atoms with van der Waals surface area (Å²) in [5.41, 5.74) is 1.33. The van der Waals surface area contributed by atoms with Crippen LogP contribution in [-0.4, -0.2) is 18.2 Å². The van der Waals surface area contributed by atoms with Crippen LogP contribution < -0.4 is 5.32 Å². The number of nitriles is 1. The SMILES string of the molecule is CC1(C)CC(Nc2cc(Cl)ccc2C#N)CCO1. The third-order valence-corrected chi connectivity index (χ3v) is 3.39. The van der Waals surface area contributed by atoms with Crippen LogP contribution in [0.5, 0.6) is 0 Å². The maximum Gasteiger partial charge on any atom is 0.101 e. The number of halogens is 1. The molecule has 1 aliphatic rings. The van der Waals surface area contributed by atoms with Crippen molar-refractivity contribution in [3.05, 3.63) is 28.8 Å². The minimum Gasteiger partial charge on any atom is -0.381 e. The summed E-state index contributed by atoms with van der Waals surface area (Å²) < 4.78 is 5.68. The van der Waals surface area contributed by atoms with Crippen molar-refractivity contribution in [2.75, 3.05) is 11.9 Å². The summed E-state index contributed by atoms with van der Waals surface area (Å²) in [6.45, 7) is 4.92. The highest BCUT2D eigenvalue weighted by atomic mass is 35.5. The Kier molecular flexibility index (Phi) is 3.79. The summed E-state index contributed by atoms with van der Waals surface area (Å²) in [5.74, 6) is 0. The number of benzene rings is 1. The van der Waals surface area contributed by atoms with Crippen LogP contribution in [0.2, 0.25) is 5.02 Å². The molecular formula is C14H17ClN2O. The van der Waals surface area contributed by atoms with Crippen LogP contribution in [0.4, 0.5) is 5.69 Å². The molecule has 0 saturated carbocycles. The molecule has 4 heteroatoms. The van der Waals surface area contributed by atoms with E-state index in [-0.39, 0.29) is 5.60 Å². The third-order valence-electron chi connectivity index (χ3n) is 3.16. The molecule has 18 heavy (non-hydrogen) atoms. The Hall–Kier alpha value is -1.24. The molecule has 1 saturated heterocycles. The van der Waals surface area contributed by atoms with E-state index in [0.717, 1.165) is 25.1 Å². The van der Waals surface area contributed by atoms with E-state index in [1.807, 2.05) is 6.07 Å². The highest BCUT2D eigenvalue weighted by Gasteiger charge is 2.29. The number of nitrogens with zero attached hydrogens (tertiary/aromatic N) is 1. The van der Waals surface area contributed by atoms with Gasteiger partial charge >= 0.3 is 0 Å². The molecule has 2 rings (SSSR count). The molecule has 1 aromatic rings. The van der Waals surface area contributed by atoms with Crippen molar-refractivity contribution >= 4 is 17.3 Å². The van der Waals surface area contributed by atoms with Gasteiger partial charge in [0.25, 0.3) is 0 Å². The Labute approximate surface area is 113 Å². The van der Waals surface area contributed by atoms with Crippen molar-refractivity contribution in [2.45, 2.75) is 38.3 Å². The maximum absolute atomic E-state index is 9.08. The molecule has 1 heterocycles. The molecule has 1 aromatic carbocycles. The highest BCUT2D eigenvalue weighted by Crippen LogP contribution is 2.28. The monoisotopic (exact) mass is 264 g/mol. The Bertz CT molecular complexity index is 479. The molecule has 1 N–H and O–H groups in total. The Balaban J connectivity index is 2.14. The molecule has 3 nitrogen and oxygen atoms in total. The van der Waals surface area contributed by atoms with Crippen LogP contribution in [0.15, 0.2) is 18.2 Å². The van der Waals surface area contributed by atoms with Crippen molar-refractivity contribution in [2.24, 2.45) is 0 Å². The topological polar surface area (TPSA) is 45.0 Å². The zero-order valence-electron chi connectivity index (χ0n) is 10.7. The molecule has 0 radical (unpaired) electrons. The first-order chi connectivity index (χ1) is 8.50. The van der Waals surface area contributed by atoms with E-state index in [9.17, 15) is 0 Å². The van der Waals surface area contributed by atoms with Crippen molar-refractivity contribution in [3.8, 4) is 6.07 Å². The van der Waals surface area contributed by atoms with E-state index in [4.69, 9.17) is 21.6 Å². The number of hydrogen-bond donors (Lipinski definition) is 1. The second-order valence-corrected chi connectivity index (χ2v) is 5.68. The van der Waals surface area contributed by atoms with Crippen LogP contribution in [0.3, 0.4) is 0 Å². The maximum atomic E-state index is 9.08. The second kappa shape index (κ2) is 5.17. The Morgan fingerprint density at radius 2 is 2.28 bits per heavy atom. The number of nitrogens with one attached hydrogen (secondary N) is 1. The van der Waals surface area contributed by atoms with E-state index >= 15 is 0 Å². The predicted octanol–water partition coefficient (Wildman–Crippen LogP) is 3.58. The average Bonchev–Trinajstić information content (AvgIpc) is 2.28. The van der Waals surface area contributed by atoms with Gasteiger partial charge in [0.2, 0.25) is 0 Å². The molecule has 96 valence electrons. The van der Waals surface area contributed by atoms with Gasteiger partial charge < -0.3 is 10.1 Å². The summed E-state index contributed by atoms with van der Waals surface area (Å²) in [6, 6.07) is 7.79. The van der Waals surface area contributed by atoms with Crippen molar-refractivity contribution in [3.63, 3.8) is 0 Å². The van der Waals surface area contributed by atoms with Gasteiger partial charge in [0.05, 0.1) is 16.9 Å². The molecule has 0 spiro atoms. The summed E-state index contributed by atoms with van der Waals surface area (Å²) in [4.78, 5) is 0. The van der Waals surface area contributed by atoms with Gasteiger partial charge in [-0.3, -0.25) is 0 Å². The van der Waals surface area contributed by atoms with Gasteiger partial charge in [0.15, 0.2) is 0 Å². The minimum absolute atomic E-state index is 0.110. The van der Waals surface area contributed by atoms with Gasteiger partial charge in [-0.2, -0.15) is 5.26 Å². The van der Waals surface area contributed by atoms with Gasteiger partial charge in [-0.05, 0) is 44.9 Å². The highest BCUT2D eigenvalue weighted by molar-refractivity contribution is 6.30. The standard InChI is InChI=1S/C14H17ClN2O/c1-14(2)8-12(5-6-18-14)17-13-7-11(15)4-3-10(13)9-16/h3-4,7,12,17H,5-6,8H2,1-2H3. The number of rotatable bonds is 2. The van der Waals surface area contributed by atoms with Gasteiger partial charge in [-0.15, -0.1) is 0 Å². The smallest absolute Gasteiger partial charge is 0.101 e. The van der Waals surface area contributed by atoms with E-state index in [0.29, 0.717) is 16.6 Å². The van der Waals surface area contributed by atoms with E-state index in [1.165, 1.54) is 0 Å². The first kappa shape index (κ1) is 13.2. The Morgan fingerprint density at radius 1 is 1.50 bits per heavy atom. The van der Waals surface area contributed by atoms with Gasteiger partial charge in [0.1, 0.15) is 6.07 Å². The summed E-state index contributed by atoms with van der Waals surface area (Å²) >= 11 is 5.97. The lowest BCUT2D eigenvalue weighted by Gasteiger charge is -2.36. The average molecular weight is 265 g/mol. The number of anilines is 1. The van der Waals surface area contributed by atoms with Crippen molar-refractivity contribution < 1.29 is 4.74 Å². The van der Waals surface area contributed by atoms with Crippen molar-refractivity contribution in [1.82, 2.24) is 0 Å².